The van der Waals surface area contributed by atoms with Crippen molar-refractivity contribution < 1.29 is 14.5 Å². The third-order valence-electron chi connectivity index (χ3n) is 3.85. The number of non-ortho nitro benzene ring substituents is 1. The van der Waals surface area contributed by atoms with Crippen molar-refractivity contribution in [2.45, 2.75) is 26.2 Å². The van der Waals surface area contributed by atoms with E-state index in [0.717, 1.165) is 11.6 Å². The second kappa shape index (κ2) is 8.57. The highest BCUT2D eigenvalue weighted by atomic mass is 32.1. The van der Waals surface area contributed by atoms with Crippen LogP contribution in [0.3, 0.4) is 0 Å². The molecule has 146 valence electrons. The van der Waals surface area contributed by atoms with Gasteiger partial charge in [0.2, 0.25) is 0 Å². The molecule has 2 aromatic rings. The molecule has 0 heterocycles. The van der Waals surface area contributed by atoms with E-state index in [1.54, 1.807) is 12.1 Å². The number of nitro groups is 1. The Morgan fingerprint density at radius 2 is 1.61 bits per heavy atom. The number of nitrogens with zero attached hydrogens (tertiary/aromatic N) is 1. The van der Waals surface area contributed by atoms with Crippen molar-refractivity contribution in [2.24, 2.45) is 0 Å². The SMILES string of the molecule is CC(C)(C)c1ccc(C(=O)NNC(=S)NC(=O)c2cccc([N+](=O)[O-])c2)cc1. The summed E-state index contributed by atoms with van der Waals surface area (Å²) in [6.07, 6.45) is 0. The minimum Gasteiger partial charge on any atom is -0.298 e. The average Bonchev–Trinajstić information content (AvgIpc) is 2.65. The highest BCUT2D eigenvalue weighted by Crippen LogP contribution is 2.22. The van der Waals surface area contributed by atoms with E-state index in [0.29, 0.717) is 5.56 Å². The second-order valence-corrected chi connectivity index (χ2v) is 7.41. The summed E-state index contributed by atoms with van der Waals surface area (Å²) in [5.74, 6) is -1.06. The molecule has 0 aliphatic carbocycles. The quantitative estimate of drug-likeness (QED) is 0.415. The zero-order valence-corrected chi connectivity index (χ0v) is 16.4. The molecule has 0 aliphatic rings. The zero-order valence-electron chi connectivity index (χ0n) is 15.6. The van der Waals surface area contributed by atoms with Gasteiger partial charge in [-0.15, -0.1) is 0 Å². The number of hydrogen-bond donors (Lipinski definition) is 3. The van der Waals surface area contributed by atoms with E-state index in [4.69, 9.17) is 12.2 Å². The van der Waals surface area contributed by atoms with Gasteiger partial charge in [0.1, 0.15) is 0 Å². The van der Waals surface area contributed by atoms with Crippen molar-refractivity contribution in [3.8, 4) is 0 Å². The molecular weight excluding hydrogens is 380 g/mol. The predicted molar refractivity (Wildman–Crippen MR) is 109 cm³/mol. The van der Waals surface area contributed by atoms with Crippen LogP contribution in [0.25, 0.3) is 0 Å². The van der Waals surface area contributed by atoms with Gasteiger partial charge in [-0.3, -0.25) is 35.9 Å². The summed E-state index contributed by atoms with van der Waals surface area (Å²) in [5.41, 5.74) is 6.18. The number of hydrazine groups is 1. The maximum Gasteiger partial charge on any atom is 0.270 e. The normalized spacial score (nSPS) is 10.7. The highest BCUT2D eigenvalue weighted by Gasteiger charge is 2.15. The molecule has 0 saturated heterocycles. The van der Waals surface area contributed by atoms with Gasteiger partial charge in [-0.25, -0.2) is 0 Å². The maximum atomic E-state index is 12.2. The first-order valence-electron chi connectivity index (χ1n) is 8.34. The molecule has 2 aromatic carbocycles. The Kier molecular flexibility index (Phi) is 6.42. The molecular formula is C19H20N4O4S. The van der Waals surface area contributed by atoms with Crippen LogP contribution in [0.15, 0.2) is 48.5 Å². The van der Waals surface area contributed by atoms with Crippen molar-refractivity contribution in [3.05, 3.63) is 75.3 Å². The Morgan fingerprint density at radius 3 is 2.18 bits per heavy atom. The number of carbonyl (C=O) groups excluding carboxylic acids is 2. The molecule has 9 heteroatoms. The zero-order chi connectivity index (χ0) is 20.9. The van der Waals surface area contributed by atoms with Crippen molar-refractivity contribution in [1.82, 2.24) is 16.2 Å². The van der Waals surface area contributed by atoms with Crippen LogP contribution in [0.5, 0.6) is 0 Å². The summed E-state index contributed by atoms with van der Waals surface area (Å²) in [6.45, 7) is 6.23. The molecule has 0 bridgehead atoms. The Balaban J connectivity index is 1.91. The average molecular weight is 400 g/mol. The smallest absolute Gasteiger partial charge is 0.270 e. The molecule has 0 aromatic heterocycles. The van der Waals surface area contributed by atoms with Gasteiger partial charge in [0.05, 0.1) is 4.92 Å². The van der Waals surface area contributed by atoms with Crippen molar-refractivity contribution in [1.29, 1.82) is 0 Å². The number of rotatable bonds is 3. The van der Waals surface area contributed by atoms with Gasteiger partial charge < -0.3 is 0 Å². The standard InChI is InChI=1S/C19H20N4O4S/c1-19(2,3)14-9-7-12(8-10-14)17(25)21-22-18(28)20-16(24)13-5-4-6-15(11-13)23(26)27/h4-11H,1-3H3,(H,21,25)(H2,20,22,24,28). The first-order valence-corrected chi connectivity index (χ1v) is 8.75. The number of thiocarbonyl (C=S) groups is 1. The molecule has 0 saturated carbocycles. The van der Waals surface area contributed by atoms with Crippen LogP contribution in [0, 0.1) is 10.1 Å². The van der Waals surface area contributed by atoms with Crippen LogP contribution >= 0.6 is 12.2 Å². The topological polar surface area (TPSA) is 113 Å². The number of nitro benzene ring substituents is 1. The van der Waals surface area contributed by atoms with E-state index in [1.165, 1.54) is 18.2 Å². The highest BCUT2D eigenvalue weighted by molar-refractivity contribution is 7.80. The predicted octanol–water partition coefficient (Wildman–Crippen LogP) is 2.84. The van der Waals surface area contributed by atoms with Crippen LogP contribution in [0.2, 0.25) is 0 Å². The number of amides is 2. The van der Waals surface area contributed by atoms with Crippen LogP contribution in [-0.2, 0) is 5.41 Å². The molecule has 2 amide bonds. The van der Waals surface area contributed by atoms with E-state index < -0.39 is 16.7 Å². The molecule has 8 nitrogen and oxygen atoms in total. The molecule has 0 unspecified atom stereocenters. The molecule has 0 radical (unpaired) electrons. The van der Waals surface area contributed by atoms with Crippen LogP contribution in [0.1, 0.15) is 47.1 Å². The lowest BCUT2D eigenvalue weighted by molar-refractivity contribution is -0.384. The minimum absolute atomic E-state index is 0.0222. The first-order chi connectivity index (χ1) is 13.1. The number of hydrogen-bond acceptors (Lipinski definition) is 5. The van der Waals surface area contributed by atoms with E-state index in [-0.39, 0.29) is 21.8 Å². The Hall–Kier alpha value is -3.33. The van der Waals surface area contributed by atoms with Crippen LogP contribution in [-0.4, -0.2) is 21.9 Å². The maximum absolute atomic E-state index is 12.2. The van der Waals surface area contributed by atoms with E-state index >= 15 is 0 Å². The van der Waals surface area contributed by atoms with E-state index in [1.807, 2.05) is 12.1 Å². The molecule has 3 N–H and O–H groups in total. The third kappa shape index (κ3) is 5.58. The van der Waals surface area contributed by atoms with Crippen LogP contribution in [0.4, 0.5) is 5.69 Å². The summed E-state index contributed by atoms with van der Waals surface area (Å²) in [5, 5.41) is 13.0. The first kappa shape index (κ1) is 21.0. The third-order valence-corrected chi connectivity index (χ3v) is 4.05. The van der Waals surface area contributed by atoms with Gasteiger partial charge in [-0.05, 0) is 41.4 Å². The fraction of sp³-hybridized carbons (Fsp3) is 0.211. The van der Waals surface area contributed by atoms with Gasteiger partial charge in [-0.2, -0.15) is 0 Å². The lowest BCUT2D eigenvalue weighted by Crippen LogP contribution is -2.48. The number of nitrogens with one attached hydrogen (secondary N) is 3. The lowest BCUT2D eigenvalue weighted by atomic mass is 9.87. The van der Waals surface area contributed by atoms with E-state index in [9.17, 15) is 19.7 Å². The Morgan fingerprint density at radius 1 is 0.964 bits per heavy atom. The van der Waals surface area contributed by atoms with Gasteiger partial charge in [-0.1, -0.05) is 39.0 Å². The molecule has 0 atom stereocenters. The fourth-order valence-electron chi connectivity index (χ4n) is 2.27. The number of carbonyl (C=O) groups is 2. The van der Waals surface area contributed by atoms with Crippen molar-refractivity contribution >= 4 is 34.8 Å². The van der Waals surface area contributed by atoms with E-state index in [2.05, 4.69) is 36.9 Å². The summed E-state index contributed by atoms with van der Waals surface area (Å²) in [4.78, 5) is 34.4. The van der Waals surface area contributed by atoms with Crippen LogP contribution < -0.4 is 16.2 Å². The summed E-state index contributed by atoms with van der Waals surface area (Å²) in [7, 11) is 0. The Bertz CT molecular complexity index is 920. The molecule has 28 heavy (non-hydrogen) atoms. The van der Waals surface area contributed by atoms with Crippen molar-refractivity contribution in [2.75, 3.05) is 0 Å². The summed E-state index contributed by atoms with van der Waals surface area (Å²) >= 11 is 4.96. The van der Waals surface area contributed by atoms with Crippen molar-refractivity contribution in [3.63, 3.8) is 0 Å². The van der Waals surface area contributed by atoms with Gasteiger partial charge in [0, 0.05) is 23.3 Å². The van der Waals surface area contributed by atoms with Gasteiger partial charge >= 0.3 is 0 Å². The molecule has 0 aliphatic heterocycles. The molecule has 0 fully saturated rings. The molecule has 2 rings (SSSR count). The summed E-state index contributed by atoms with van der Waals surface area (Å²) < 4.78 is 0. The number of benzene rings is 2. The van der Waals surface area contributed by atoms with Gasteiger partial charge in [0.15, 0.2) is 5.11 Å². The summed E-state index contributed by atoms with van der Waals surface area (Å²) in [6, 6.07) is 12.4. The largest absolute Gasteiger partial charge is 0.298 e. The Labute approximate surface area is 167 Å². The molecule has 0 spiro atoms. The lowest BCUT2D eigenvalue weighted by Gasteiger charge is -2.19. The fourth-order valence-corrected chi connectivity index (χ4v) is 2.42. The monoisotopic (exact) mass is 400 g/mol. The minimum atomic E-state index is -0.634. The second-order valence-electron chi connectivity index (χ2n) is 7.00. The van der Waals surface area contributed by atoms with Gasteiger partial charge in [0.25, 0.3) is 17.5 Å².